The van der Waals surface area contributed by atoms with E-state index in [9.17, 15) is 0 Å². The molecule has 0 radical (unpaired) electrons. The molecule has 0 fully saturated rings. The second-order valence-corrected chi connectivity index (χ2v) is 6.64. The molecule has 23 heavy (non-hydrogen) atoms. The molecule has 1 N–H and O–H groups in total. The Kier molecular flexibility index (Phi) is 7.03. The first-order chi connectivity index (χ1) is 11.0. The average molecular weight is 420 g/mol. The molecule has 0 spiro atoms. The molecule has 3 nitrogen and oxygen atoms in total. The van der Waals surface area contributed by atoms with E-state index in [0.29, 0.717) is 34.6 Å². The monoisotopic (exact) mass is 418 g/mol. The van der Waals surface area contributed by atoms with Gasteiger partial charge in [-0.2, -0.15) is 0 Å². The smallest absolute Gasteiger partial charge is 0.175 e. The Morgan fingerprint density at radius 2 is 1.87 bits per heavy atom. The summed E-state index contributed by atoms with van der Waals surface area (Å²) in [7, 11) is 1.60. The molecule has 0 saturated heterocycles. The fourth-order valence-corrected chi connectivity index (χ4v) is 3.05. The minimum atomic E-state index is 0.162. The van der Waals surface area contributed by atoms with Gasteiger partial charge in [0.05, 0.1) is 21.6 Å². The molecule has 0 bridgehead atoms. The van der Waals surface area contributed by atoms with Crippen molar-refractivity contribution in [3.8, 4) is 11.5 Å². The number of aryl methyl sites for hydroxylation is 1. The fourth-order valence-electron chi connectivity index (χ4n) is 2.13. The van der Waals surface area contributed by atoms with Gasteiger partial charge in [0.15, 0.2) is 11.5 Å². The van der Waals surface area contributed by atoms with Gasteiger partial charge in [-0.05, 0) is 64.2 Å². The van der Waals surface area contributed by atoms with E-state index in [4.69, 9.17) is 37.8 Å². The van der Waals surface area contributed by atoms with E-state index < -0.39 is 0 Å². The van der Waals surface area contributed by atoms with E-state index in [1.165, 1.54) is 0 Å². The number of hydrogen-bond donors (Lipinski definition) is 1. The van der Waals surface area contributed by atoms with Crippen molar-refractivity contribution in [1.29, 1.82) is 0 Å². The Morgan fingerprint density at radius 3 is 2.52 bits per heavy atom. The SMILES string of the molecule is COc1cc(CCCO)cc(Br)c1OCc1ccc(Cl)c(Cl)c1. The van der Waals surface area contributed by atoms with Crippen LogP contribution >= 0.6 is 39.1 Å². The zero-order chi connectivity index (χ0) is 16.8. The maximum absolute atomic E-state index is 8.94. The minimum absolute atomic E-state index is 0.162. The zero-order valence-electron chi connectivity index (χ0n) is 12.6. The molecule has 2 aromatic rings. The van der Waals surface area contributed by atoms with Crippen LogP contribution in [0.15, 0.2) is 34.8 Å². The molecule has 6 heteroatoms. The van der Waals surface area contributed by atoms with Crippen molar-refractivity contribution in [2.24, 2.45) is 0 Å². The van der Waals surface area contributed by atoms with E-state index in [-0.39, 0.29) is 6.61 Å². The van der Waals surface area contributed by atoms with Gasteiger partial charge in [-0.1, -0.05) is 29.3 Å². The van der Waals surface area contributed by atoms with Crippen molar-refractivity contribution in [2.45, 2.75) is 19.4 Å². The summed E-state index contributed by atoms with van der Waals surface area (Å²) in [5.41, 5.74) is 1.99. The first kappa shape index (κ1) is 18.4. The molecular weight excluding hydrogens is 403 g/mol. The lowest BCUT2D eigenvalue weighted by Crippen LogP contribution is -2.00. The molecule has 2 aromatic carbocycles. The Hall–Kier alpha value is -0.940. The second-order valence-electron chi connectivity index (χ2n) is 4.97. The van der Waals surface area contributed by atoms with Crippen LogP contribution < -0.4 is 9.47 Å². The number of ether oxygens (including phenoxy) is 2. The number of hydrogen-bond acceptors (Lipinski definition) is 3. The van der Waals surface area contributed by atoms with Gasteiger partial charge in [0.1, 0.15) is 6.61 Å². The third kappa shape index (κ3) is 5.01. The predicted molar refractivity (Wildman–Crippen MR) is 96.9 cm³/mol. The Balaban J connectivity index is 2.16. The largest absolute Gasteiger partial charge is 0.493 e. The molecule has 0 unspecified atom stereocenters. The van der Waals surface area contributed by atoms with Crippen LogP contribution in [0.4, 0.5) is 0 Å². The van der Waals surface area contributed by atoms with E-state index in [0.717, 1.165) is 22.0 Å². The molecule has 0 aromatic heterocycles. The predicted octanol–water partition coefficient (Wildman–Crippen LogP) is 5.27. The average Bonchev–Trinajstić information content (AvgIpc) is 2.54. The molecular formula is C17H17BrCl2O3. The summed E-state index contributed by atoms with van der Waals surface area (Å²) < 4.78 is 12.1. The second kappa shape index (κ2) is 8.78. The highest BCUT2D eigenvalue weighted by Gasteiger charge is 2.12. The standard InChI is InChI=1S/C17H17BrCl2O3/c1-22-16-9-11(3-2-6-21)7-13(18)17(16)23-10-12-4-5-14(19)15(20)8-12/h4-5,7-9,21H,2-3,6,10H2,1H3. The van der Waals surface area contributed by atoms with Gasteiger partial charge in [0, 0.05) is 6.61 Å². The molecule has 0 aliphatic heterocycles. The topological polar surface area (TPSA) is 38.7 Å². The number of aliphatic hydroxyl groups excluding tert-OH is 1. The zero-order valence-corrected chi connectivity index (χ0v) is 15.7. The van der Waals surface area contributed by atoms with Crippen molar-refractivity contribution in [1.82, 2.24) is 0 Å². The first-order valence-electron chi connectivity index (χ1n) is 7.09. The molecule has 0 amide bonds. The van der Waals surface area contributed by atoms with Crippen LogP contribution in [0.5, 0.6) is 11.5 Å². The molecule has 0 aliphatic rings. The van der Waals surface area contributed by atoms with Gasteiger partial charge in [-0.3, -0.25) is 0 Å². The van der Waals surface area contributed by atoms with Gasteiger partial charge in [0.25, 0.3) is 0 Å². The molecule has 124 valence electrons. The number of aliphatic hydroxyl groups is 1. The molecule has 0 saturated carbocycles. The number of benzene rings is 2. The van der Waals surface area contributed by atoms with E-state index >= 15 is 0 Å². The summed E-state index contributed by atoms with van der Waals surface area (Å²) in [5.74, 6) is 1.28. The molecule has 0 atom stereocenters. The molecule has 0 heterocycles. The molecule has 0 aliphatic carbocycles. The van der Waals surface area contributed by atoms with Crippen LogP contribution in [0.25, 0.3) is 0 Å². The Morgan fingerprint density at radius 1 is 1.09 bits per heavy atom. The van der Waals surface area contributed by atoms with Crippen LogP contribution in [-0.4, -0.2) is 18.8 Å². The van der Waals surface area contributed by atoms with E-state index in [1.807, 2.05) is 18.2 Å². The number of halogens is 3. The normalized spacial score (nSPS) is 10.7. The maximum atomic E-state index is 8.94. The summed E-state index contributed by atoms with van der Waals surface area (Å²) >= 11 is 15.4. The number of methoxy groups -OCH3 is 1. The van der Waals surface area contributed by atoms with Crippen molar-refractivity contribution >= 4 is 39.1 Å². The Bertz CT molecular complexity index is 677. The van der Waals surface area contributed by atoms with Crippen molar-refractivity contribution < 1.29 is 14.6 Å². The van der Waals surface area contributed by atoms with Gasteiger partial charge in [-0.15, -0.1) is 0 Å². The van der Waals surface area contributed by atoms with Crippen LogP contribution in [0.3, 0.4) is 0 Å². The summed E-state index contributed by atoms with van der Waals surface area (Å²) in [4.78, 5) is 0. The van der Waals surface area contributed by atoms with Gasteiger partial charge in [-0.25, -0.2) is 0 Å². The first-order valence-corrected chi connectivity index (χ1v) is 8.64. The van der Waals surface area contributed by atoms with E-state index in [2.05, 4.69) is 15.9 Å². The van der Waals surface area contributed by atoms with E-state index in [1.54, 1.807) is 19.2 Å². The van der Waals surface area contributed by atoms with Crippen LogP contribution in [-0.2, 0) is 13.0 Å². The Labute approximate surface area is 154 Å². The lowest BCUT2D eigenvalue weighted by Gasteiger charge is -2.14. The maximum Gasteiger partial charge on any atom is 0.175 e. The van der Waals surface area contributed by atoms with Crippen LogP contribution in [0.1, 0.15) is 17.5 Å². The highest BCUT2D eigenvalue weighted by molar-refractivity contribution is 9.10. The van der Waals surface area contributed by atoms with Gasteiger partial charge in [0.2, 0.25) is 0 Å². The van der Waals surface area contributed by atoms with Crippen molar-refractivity contribution in [3.05, 3.63) is 56.0 Å². The third-order valence-electron chi connectivity index (χ3n) is 3.28. The highest BCUT2D eigenvalue weighted by atomic mass is 79.9. The van der Waals surface area contributed by atoms with Gasteiger partial charge >= 0.3 is 0 Å². The van der Waals surface area contributed by atoms with Crippen LogP contribution in [0.2, 0.25) is 10.0 Å². The fraction of sp³-hybridized carbons (Fsp3) is 0.294. The highest BCUT2D eigenvalue weighted by Crippen LogP contribution is 2.37. The molecule has 2 rings (SSSR count). The minimum Gasteiger partial charge on any atom is -0.493 e. The summed E-state index contributed by atoms with van der Waals surface area (Å²) in [6.45, 7) is 0.511. The lowest BCUT2D eigenvalue weighted by atomic mass is 10.1. The quantitative estimate of drug-likeness (QED) is 0.664. The lowest BCUT2D eigenvalue weighted by molar-refractivity contribution is 0.281. The van der Waals surface area contributed by atoms with Crippen LogP contribution in [0, 0.1) is 0 Å². The third-order valence-corrected chi connectivity index (χ3v) is 4.61. The van der Waals surface area contributed by atoms with Gasteiger partial charge < -0.3 is 14.6 Å². The summed E-state index contributed by atoms with van der Waals surface area (Å²) in [5, 5.41) is 9.96. The summed E-state index contributed by atoms with van der Waals surface area (Å²) in [6.07, 6.45) is 1.48. The van der Waals surface area contributed by atoms with Crippen molar-refractivity contribution in [3.63, 3.8) is 0 Å². The van der Waals surface area contributed by atoms with Crippen molar-refractivity contribution in [2.75, 3.05) is 13.7 Å². The number of rotatable bonds is 7. The summed E-state index contributed by atoms with van der Waals surface area (Å²) in [6, 6.07) is 9.28.